The van der Waals surface area contributed by atoms with Gasteiger partial charge in [0, 0.05) is 17.0 Å². The van der Waals surface area contributed by atoms with Crippen LogP contribution in [0.4, 0.5) is 5.69 Å². The maximum atomic E-state index is 12.4. The van der Waals surface area contributed by atoms with Gasteiger partial charge in [0.05, 0.1) is 22.4 Å². The molecule has 1 N–H and O–H groups in total. The van der Waals surface area contributed by atoms with Gasteiger partial charge in [-0.1, -0.05) is 38.1 Å². The number of aromatic nitrogens is 4. The quantitative estimate of drug-likeness (QED) is 0.597. The van der Waals surface area contributed by atoms with Crippen molar-refractivity contribution in [3.63, 3.8) is 0 Å². The van der Waals surface area contributed by atoms with E-state index in [1.165, 1.54) is 0 Å². The van der Waals surface area contributed by atoms with Crippen molar-refractivity contribution in [2.75, 3.05) is 5.32 Å². The molecule has 0 atom stereocenters. The van der Waals surface area contributed by atoms with E-state index >= 15 is 0 Å². The standard InChI is InChI=1S/C20H19N5O/c1-20(2,3)19(26)22-15-10-11-16(13-7-6-12-21-18(13)15)25-17-9-5-4-8-14(17)23-24-25/h4-12H,1-3H3,(H,22,26). The van der Waals surface area contributed by atoms with Gasteiger partial charge in [0.25, 0.3) is 0 Å². The molecule has 0 fully saturated rings. The third-order valence-corrected chi connectivity index (χ3v) is 4.26. The zero-order valence-corrected chi connectivity index (χ0v) is 14.9. The van der Waals surface area contributed by atoms with Crippen LogP contribution in [0.2, 0.25) is 0 Å². The van der Waals surface area contributed by atoms with E-state index in [1.54, 1.807) is 10.9 Å². The highest BCUT2D eigenvalue weighted by Crippen LogP contribution is 2.29. The fourth-order valence-corrected chi connectivity index (χ4v) is 2.80. The van der Waals surface area contributed by atoms with Crippen molar-refractivity contribution in [3.8, 4) is 5.69 Å². The fraction of sp³-hybridized carbons (Fsp3) is 0.200. The molecule has 130 valence electrons. The largest absolute Gasteiger partial charge is 0.324 e. The number of hydrogen-bond acceptors (Lipinski definition) is 4. The second-order valence-corrected chi connectivity index (χ2v) is 7.23. The number of amides is 1. The zero-order chi connectivity index (χ0) is 18.3. The first-order valence-electron chi connectivity index (χ1n) is 8.45. The Morgan fingerprint density at radius 2 is 1.85 bits per heavy atom. The second kappa shape index (κ2) is 5.91. The summed E-state index contributed by atoms with van der Waals surface area (Å²) < 4.78 is 1.80. The smallest absolute Gasteiger partial charge is 0.229 e. The van der Waals surface area contributed by atoms with E-state index in [9.17, 15) is 4.79 Å². The zero-order valence-electron chi connectivity index (χ0n) is 14.9. The molecule has 0 saturated heterocycles. The summed E-state index contributed by atoms with van der Waals surface area (Å²) in [5.74, 6) is -0.0524. The molecule has 6 nitrogen and oxygen atoms in total. The number of nitrogens with one attached hydrogen (secondary N) is 1. The number of anilines is 1. The average molecular weight is 345 g/mol. The molecule has 4 rings (SSSR count). The molecule has 6 heteroatoms. The Bertz CT molecular complexity index is 1120. The third-order valence-electron chi connectivity index (χ3n) is 4.26. The van der Waals surface area contributed by atoms with Crippen LogP contribution < -0.4 is 5.32 Å². The monoisotopic (exact) mass is 345 g/mol. The van der Waals surface area contributed by atoms with Crippen LogP contribution in [0.5, 0.6) is 0 Å². The van der Waals surface area contributed by atoms with Gasteiger partial charge in [-0.15, -0.1) is 5.10 Å². The third kappa shape index (κ3) is 2.69. The van der Waals surface area contributed by atoms with Crippen LogP contribution in [-0.4, -0.2) is 25.9 Å². The summed E-state index contributed by atoms with van der Waals surface area (Å²) in [7, 11) is 0. The molecule has 0 aliphatic heterocycles. The highest BCUT2D eigenvalue weighted by atomic mass is 16.2. The summed E-state index contributed by atoms with van der Waals surface area (Å²) in [6.45, 7) is 5.65. The molecule has 2 aromatic carbocycles. The number of pyridine rings is 1. The molecule has 0 unspecified atom stereocenters. The Morgan fingerprint density at radius 3 is 2.65 bits per heavy atom. The summed E-state index contributed by atoms with van der Waals surface area (Å²) in [5.41, 5.74) is 3.55. The van der Waals surface area contributed by atoms with Gasteiger partial charge in [-0.25, -0.2) is 4.68 Å². The molecule has 2 heterocycles. The van der Waals surface area contributed by atoms with Crippen LogP contribution in [-0.2, 0) is 4.79 Å². The first-order valence-corrected chi connectivity index (χ1v) is 8.45. The molecule has 2 aromatic heterocycles. The molecule has 1 amide bonds. The summed E-state index contributed by atoms with van der Waals surface area (Å²) in [6, 6.07) is 15.5. The van der Waals surface area contributed by atoms with E-state index in [4.69, 9.17) is 0 Å². The van der Waals surface area contributed by atoms with Gasteiger partial charge >= 0.3 is 0 Å². The van der Waals surface area contributed by atoms with Crippen molar-refractivity contribution in [2.45, 2.75) is 20.8 Å². The number of hydrogen-bond donors (Lipinski definition) is 1. The van der Waals surface area contributed by atoms with E-state index in [0.717, 1.165) is 27.6 Å². The summed E-state index contributed by atoms with van der Waals surface area (Å²) >= 11 is 0. The van der Waals surface area contributed by atoms with Crippen LogP contribution in [0.3, 0.4) is 0 Å². The number of fused-ring (bicyclic) bond motifs is 2. The van der Waals surface area contributed by atoms with Gasteiger partial charge in [-0.3, -0.25) is 9.78 Å². The van der Waals surface area contributed by atoms with Crippen LogP contribution in [0.15, 0.2) is 54.7 Å². The van der Waals surface area contributed by atoms with Crippen molar-refractivity contribution in [1.82, 2.24) is 20.0 Å². The van der Waals surface area contributed by atoms with Crippen molar-refractivity contribution < 1.29 is 4.79 Å². The van der Waals surface area contributed by atoms with Gasteiger partial charge in [0.2, 0.25) is 5.91 Å². The SMILES string of the molecule is CC(C)(C)C(=O)Nc1ccc(-n2nnc3ccccc32)c2cccnc12. The van der Waals surface area contributed by atoms with Gasteiger partial charge in [0.15, 0.2) is 0 Å². The number of carbonyl (C=O) groups excluding carboxylic acids is 1. The van der Waals surface area contributed by atoms with Crippen molar-refractivity contribution >= 4 is 33.5 Å². The molecule has 26 heavy (non-hydrogen) atoms. The summed E-state index contributed by atoms with van der Waals surface area (Å²) in [6.07, 6.45) is 1.72. The summed E-state index contributed by atoms with van der Waals surface area (Å²) in [4.78, 5) is 16.9. The molecule has 0 saturated carbocycles. The van der Waals surface area contributed by atoms with Crippen molar-refractivity contribution in [3.05, 3.63) is 54.7 Å². The second-order valence-electron chi connectivity index (χ2n) is 7.23. The molecule has 0 spiro atoms. The first kappa shape index (κ1) is 16.2. The minimum Gasteiger partial charge on any atom is -0.324 e. The lowest BCUT2D eigenvalue weighted by atomic mass is 9.95. The Kier molecular flexibility index (Phi) is 3.68. The predicted octanol–water partition coefficient (Wildman–Crippen LogP) is 3.95. The van der Waals surface area contributed by atoms with Crippen molar-refractivity contribution in [1.29, 1.82) is 0 Å². The van der Waals surface area contributed by atoms with Crippen LogP contribution in [0.1, 0.15) is 20.8 Å². The molecule has 0 aliphatic rings. The maximum Gasteiger partial charge on any atom is 0.229 e. The first-order chi connectivity index (χ1) is 12.4. The average Bonchev–Trinajstić information content (AvgIpc) is 3.05. The van der Waals surface area contributed by atoms with E-state index in [0.29, 0.717) is 5.69 Å². The van der Waals surface area contributed by atoms with Gasteiger partial charge in [-0.2, -0.15) is 0 Å². The van der Waals surface area contributed by atoms with Crippen LogP contribution in [0, 0.1) is 5.41 Å². The lowest BCUT2D eigenvalue weighted by molar-refractivity contribution is -0.123. The number of rotatable bonds is 2. The molecule has 0 aliphatic carbocycles. The van der Waals surface area contributed by atoms with E-state index in [2.05, 4.69) is 20.6 Å². The highest BCUT2D eigenvalue weighted by molar-refractivity contribution is 6.04. The number of carbonyl (C=O) groups is 1. The number of nitrogens with zero attached hydrogens (tertiary/aromatic N) is 4. The lowest BCUT2D eigenvalue weighted by Crippen LogP contribution is -2.27. The van der Waals surface area contributed by atoms with Crippen molar-refractivity contribution in [2.24, 2.45) is 5.41 Å². The van der Waals surface area contributed by atoms with Crippen LogP contribution >= 0.6 is 0 Å². The summed E-state index contributed by atoms with van der Waals surface area (Å²) in [5, 5.41) is 12.4. The predicted molar refractivity (Wildman–Crippen MR) is 102 cm³/mol. The Morgan fingerprint density at radius 1 is 1.04 bits per heavy atom. The Hall–Kier alpha value is -3.28. The fourth-order valence-electron chi connectivity index (χ4n) is 2.80. The minimum atomic E-state index is -0.484. The normalized spacial score (nSPS) is 11.8. The van der Waals surface area contributed by atoms with Crippen LogP contribution in [0.25, 0.3) is 27.6 Å². The van der Waals surface area contributed by atoms with Gasteiger partial charge in [-0.05, 0) is 36.4 Å². The number of para-hydroxylation sites is 1. The minimum absolute atomic E-state index is 0.0524. The Labute approximate surface area is 150 Å². The van der Waals surface area contributed by atoms with E-state index in [-0.39, 0.29) is 5.91 Å². The maximum absolute atomic E-state index is 12.4. The molecule has 0 radical (unpaired) electrons. The van der Waals surface area contributed by atoms with E-state index in [1.807, 2.05) is 69.3 Å². The molecular weight excluding hydrogens is 326 g/mol. The van der Waals surface area contributed by atoms with Gasteiger partial charge < -0.3 is 5.32 Å². The van der Waals surface area contributed by atoms with E-state index < -0.39 is 5.41 Å². The topological polar surface area (TPSA) is 72.7 Å². The number of benzene rings is 2. The lowest BCUT2D eigenvalue weighted by Gasteiger charge is -2.19. The highest BCUT2D eigenvalue weighted by Gasteiger charge is 2.22. The van der Waals surface area contributed by atoms with Gasteiger partial charge in [0.1, 0.15) is 5.52 Å². The molecule has 0 bridgehead atoms. The Balaban J connectivity index is 1.89. The molecule has 4 aromatic rings. The molecular formula is C20H19N5O.